The van der Waals surface area contributed by atoms with E-state index in [1.807, 2.05) is 36.4 Å². The summed E-state index contributed by atoms with van der Waals surface area (Å²) in [5.74, 6) is 0.688. The van der Waals surface area contributed by atoms with Gasteiger partial charge in [-0.3, -0.25) is 4.79 Å². The van der Waals surface area contributed by atoms with E-state index in [9.17, 15) is 4.79 Å². The first-order valence-electron chi connectivity index (χ1n) is 9.61. The van der Waals surface area contributed by atoms with Crippen LogP contribution in [-0.4, -0.2) is 35.8 Å². The first-order valence-corrected chi connectivity index (χ1v) is 9.61. The second-order valence-corrected chi connectivity index (χ2v) is 7.03. The van der Waals surface area contributed by atoms with Crippen molar-refractivity contribution >= 4 is 16.9 Å². The molecule has 0 spiro atoms. The SMILES string of the molecule is NCCCCc1c(-c2ccc3c(c2)OCCO3)[nH]c2ccc(CC(=O)O)cc12. The standard InChI is InChI=1S/C22H24N2O4/c23-8-2-1-3-16-17-11-14(12-21(25)26)4-6-18(17)24-22(16)15-5-7-19-20(13-15)28-10-9-27-19/h4-7,11,13,24H,1-3,8-10,12,23H2,(H,25,26). The first kappa shape index (κ1) is 18.4. The van der Waals surface area contributed by atoms with Crippen molar-refractivity contribution in [1.29, 1.82) is 0 Å². The quantitative estimate of drug-likeness (QED) is 0.545. The summed E-state index contributed by atoms with van der Waals surface area (Å²) in [4.78, 5) is 14.6. The maximum Gasteiger partial charge on any atom is 0.307 e. The van der Waals surface area contributed by atoms with E-state index in [4.69, 9.17) is 20.3 Å². The lowest BCUT2D eigenvalue weighted by Gasteiger charge is -2.19. The lowest BCUT2D eigenvalue weighted by molar-refractivity contribution is -0.136. The van der Waals surface area contributed by atoms with E-state index in [1.165, 1.54) is 5.56 Å². The van der Waals surface area contributed by atoms with Crippen LogP contribution in [0.5, 0.6) is 11.5 Å². The van der Waals surface area contributed by atoms with Gasteiger partial charge in [0, 0.05) is 22.2 Å². The number of carbonyl (C=O) groups is 1. The molecular formula is C22H24N2O4. The van der Waals surface area contributed by atoms with Gasteiger partial charge in [0.2, 0.25) is 0 Å². The Labute approximate surface area is 163 Å². The number of aromatic amines is 1. The molecule has 1 aromatic heterocycles. The van der Waals surface area contributed by atoms with Gasteiger partial charge < -0.3 is 25.3 Å². The third-order valence-electron chi connectivity index (χ3n) is 5.04. The lowest BCUT2D eigenvalue weighted by Crippen LogP contribution is -2.15. The minimum atomic E-state index is -0.827. The third-order valence-corrected chi connectivity index (χ3v) is 5.04. The van der Waals surface area contributed by atoms with Crippen molar-refractivity contribution in [2.24, 2.45) is 5.73 Å². The second-order valence-electron chi connectivity index (χ2n) is 7.03. The van der Waals surface area contributed by atoms with Gasteiger partial charge in [-0.1, -0.05) is 6.07 Å². The number of rotatable bonds is 7. The average molecular weight is 380 g/mol. The summed E-state index contributed by atoms with van der Waals surface area (Å²) in [5, 5.41) is 10.2. The molecule has 6 nitrogen and oxygen atoms in total. The molecule has 0 saturated carbocycles. The Balaban J connectivity index is 1.79. The highest BCUT2D eigenvalue weighted by molar-refractivity contribution is 5.92. The number of carboxylic acid groups (broad SMARTS) is 1. The molecule has 0 bridgehead atoms. The van der Waals surface area contributed by atoms with Gasteiger partial charge in [0.1, 0.15) is 13.2 Å². The third kappa shape index (κ3) is 3.68. The van der Waals surface area contributed by atoms with Crippen LogP contribution in [0.25, 0.3) is 22.2 Å². The van der Waals surface area contributed by atoms with E-state index in [-0.39, 0.29) is 6.42 Å². The molecule has 146 valence electrons. The van der Waals surface area contributed by atoms with E-state index in [1.54, 1.807) is 0 Å². The predicted octanol–water partition coefficient (Wildman–Crippen LogP) is 3.51. The van der Waals surface area contributed by atoms with Crippen LogP contribution in [-0.2, 0) is 17.6 Å². The summed E-state index contributed by atoms with van der Waals surface area (Å²) >= 11 is 0. The van der Waals surface area contributed by atoms with Gasteiger partial charge in [0.05, 0.1) is 6.42 Å². The summed E-state index contributed by atoms with van der Waals surface area (Å²) < 4.78 is 11.4. The van der Waals surface area contributed by atoms with Crippen molar-refractivity contribution in [3.8, 4) is 22.8 Å². The number of hydrogen-bond donors (Lipinski definition) is 3. The number of carboxylic acids is 1. The molecule has 0 amide bonds. The van der Waals surface area contributed by atoms with E-state index in [2.05, 4.69) is 4.98 Å². The molecule has 28 heavy (non-hydrogen) atoms. The number of nitrogens with one attached hydrogen (secondary N) is 1. The average Bonchev–Trinajstić information content (AvgIpc) is 3.05. The minimum absolute atomic E-state index is 0.0166. The van der Waals surface area contributed by atoms with Crippen LogP contribution in [0.3, 0.4) is 0 Å². The smallest absolute Gasteiger partial charge is 0.307 e. The summed E-state index contributed by atoms with van der Waals surface area (Å²) in [6.45, 7) is 1.77. The molecule has 4 rings (SSSR count). The summed E-state index contributed by atoms with van der Waals surface area (Å²) in [7, 11) is 0. The summed E-state index contributed by atoms with van der Waals surface area (Å²) in [5.41, 5.74) is 10.7. The van der Waals surface area contributed by atoms with Crippen LogP contribution in [0.2, 0.25) is 0 Å². The fourth-order valence-corrected chi connectivity index (χ4v) is 3.73. The van der Waals surface area contributed by atoms with Crippen molar-refractivity contribution in [2.45, 2.75) is 25.7 Å². The maximum absolute atomic E-state index is 11.1. The zero-order valence-corrected chi connectivity index (χ0v) is 15.7. The predicted molar refractivity (Wildman–Crippen MR) is 108 cm³/mol. The van der Waals surface area contributed by atoms with Crippen LogP contribution in [0.1, 0.15) is 24.0 Å². The van der Waals surface area contributed by atoms with Crippen molar-refractivity contribution < 1.29 is 19.4 Å². The van der Waals surface area contributed by atoms with E-state index in [0.29, 0.717) is 19.8 Å². The molecule has 2 aromatic carbocycles. The first-order chi connectivity index (χ1) is 13.7. The number of hydrogen-bond acceptors (Lipinski definition) is 4. The minimum Gasteiger partial charge on any atom is -0.486 e. The second kappa shape index (κ2) is 7.94. The lowest BCUT2D eigenvalue weighted by atomic mass is 9.98. The molecular weight excluding hydrogens is 356 g/mol. The molecule has 0 unspecified atom stereocenters. The van der Waals surface area contributed by atoms with Gasteiger partial charge in [-0.25, -0.2) is 0 Å². The Hall–Kier alpha value is -2.99. The largest absolute Gasteiger partial charge is 0.486 e. The molecule has 1 aliphatic heterocycles. The Morgan fingerprint density at radius 3 is 2.68 bits per heavy atom. The monoisotopic (exact) mass is 380 g/mol. The molecule has 0 saturated heterocycles. The normalized spacial score (nSPS) is 13.0. The van der Waals surface area contributed by atoms with Crippen LogP contribution < -0.4 is 15.2 Å². The Morgan fingerprint density at radius 2 is 1.89 bits per heavy atom. The Bertz CT molecular complexity index is 1010. The topological polar surface area (TPSA) is 97.6 Å². The summed E-state index contributed by atoms with van der Waals surface area (Å²) in [6, 6.07) is 11.8. The van der Waals surface area contributed by atoms with Gasteiger partial charge in [0.25, 0.3) is 0 Å². The van der Waals surface area contributed by atoms with Crippen LogP contribution in [0.4, 0.5) is 0 Å². The molecule has 4 N–H and O–H groups in total. The van der Waals surface area contributed by atoms with E-state index < -0.39 is 5.97 Å². The zero-order chi connectivity index (χ0) is 19.5. The van der Waals surface area contributed by atoms with Crippen LogP contribution >= 0.6 is 0 Å². The number of aromatic nitrogens is 1. The molecule has 0 atom stereocenters. The number of fused-ring (bicyclic) bond motifs is 2. The van der Waals surface area contributed by atoms with E-state index in [0.717, 1.165) is 58.5 Å². The molecule has 0 aliphatic carbocycles. The zero-order valence-electron chi connectivity index (χ0n) is 15.7. The Kier molecular flexibility index (Phi) is 5.21. The highest BCUT2D eigenvalue weighted by Gasteiger charge is 2.18. The molecule has 3 aromatic rings. The van der Waals surface area contributed by atoms with Gasteiger partial charge in [-0.2, -0.15) is 0 Å². The fourth-order valence-electron chi connectivity index (χ4n) is 3.73. The van der Waals surface area contributed by atoms with Gasteiger partial charge in [-0.15, -0.1) is 0 Å². The maximum atomic E-state index is 11.1. The van der Waals surface area contributed by atoms with Crippen molar-refractivity contribution in [1.82, 2.24) is 4.98 Å². The highest BCUT2D eigenvalue weighted by Crippen LogP contribution is 2.38. The van der Waals surface area contributed by atoms with Crippen molar-refractivity contribution in [3.63, 3.8) is 0 Å². The molecule has 0 radical (unpaired) electrons. The number of aliphatic carboxylic acids is 1. The molecule has 6 heteroatoms. The number of benzene rings is 2. The number of aryl methyl sites for hydroxylation is 1. The number of ether oxygens (including phenoxy) is 2. The highest BCUT2D eigenvalue weighted by atomic mass is 16.6. The van der Waals surface area contributed by atoms with Crippen LogP contribution in [0.15, 0.2) is 36.4 Å². The number of H-pyrrole nitrogens is 1. The van der Waals surface area contributed by atoms with Crippen molar-refractivity contribution in [2.75, 3.05) is 19.8 Å². The van der Waals surface area contributed by atoms with Gasteiger partial charge >= 0.3 is 5.97 Å². The Morgan fingerprint density at radius 1 is 1.07 bits per heavy atom. The van der Waals surface area contributed by atoms with Crippen LogP contribution in [0, 0.1) is 0 Å². The van der Waals surface area contributed by atoms with E-state index >= 15 is 0 Å². The van der Waals surface area contributed by atoms with Crippen molar-refractivity contribution in [3.05, 3.63) is 47.5 Å². The summed E-state index contributed by atoms with van der Waals surface area (Å²) in [6.07, 6.45) is 2.81. The number of unbranched alkanes of at least 4 members (excludes halogenated alkanes) is 1. The fraction of sp³-hybridized carbons (Fsp3) is 0.318. The molecule has 2 heterocycles. The van der Waals surface area contributed by atoms with Gasteiger partial charge in [0.15, 0.2) is 11.5 Å². The number of nitrogens with two attached hydrogens (primary N) is 1. The molecule has 1 aliphatic rings. The molecule has 0 fully saturated rings. The van der Waals surface area contributed by atoms with Gasteiger partial charge in [-0.05, 0) is 67.3 Å².